The van der Waals surface area contributed by atoms with Crippen LogP contribution in [0.5, 0.6) is 0 Å². The Morgan fingerprint density at radius 1 is 0.386 bits per heavy atom. The molecule has 3 heterocycles. The molecule has 2 atom stereocenters. The Labute approximate surface area is 822 Å². The van der Waals surface area contributed by atoms with Crippen molar-refractivity contribution < 1.29 is 76.5 Å². The van der Waals surface area contributed by atoms with E-state index in [1.807, 2.05) is 174 Å². The molecule has 4 amide bonds. The van der Waals surface area contributed by atoms with E-state index in [-0.39, 0.29) is 109 Å². The third kappa shape index (κ3) is 32.1. The van der Waals surface area contributed by atoms with Gasteiger partial charge in [-0.1, -0.05) is 265 Å². The summed E-state index contributed by atoms with van der Waals surface area (Å²) in [6, 6.07) is 62.7. The molecule has 0 saturated carbocycles. The van der Waals surface area contributed by atoms with E-state index < -0.39 is 24.3 Å². The first-order valence-electron chi connectivity index (χ1n) is 50.4. The number of aryl methyl sites for hydroxylation is 1. The van der Waals surface area contributed by atoms with Gasteiger partial charge in [0.25, 0.3) is 0 Å². The van der Waals surface area contributed by atoms with E-state index in [0.29, 0.717) is 174 Å². The van der Waals surface area contributed by atoms with E-state index in [4.69, 9.17) is 29.6 Å². The van der Waals surface area contributed by atoms with Crippen LogP contribution in [0.4, 0.5) is 21.0 Å². The summed E-state index contributed by atoms with van der Waals surface area (Å²) in [7, 11) is 0. The highest BCUT2D eigenvalue weighted by Crippen LogP contribution is 2.47. The highest BCUT2D eigenvalue weighted by atomic mass is 16.6. The number of ketones is 6. The number of carbonyl (C=O) groups excluding carboxylic acids is 12. The maximum atomic E-state index is 14.0. The summed E-state index contributed by atoms with van der Waals surface area (Å²) < 4.78 is 23.9. The number of hydrogen-bond acceptors (Lipinski definition) is 19. The normalized spacial score (nSPS) is 12.6. The number of Topliss-reactive ketones (excluding diaryl/α,β-unsaturated/α-hetero) is 6. The zero-order valence-electron chi connectivity index (χ0n) is 81.6. The lowest BCUT2D eigenvalue weighted by atomic mass is 9.95. The van der Waals surface area contributed by atoms with Crippen LogP contribution in [-0.2, 0) is 86.5 Å². The standard InChI is InChI=1S/C57H67N5O8.C34H44N4O6.C23H23NO2/c1-3-41(63)23-10-18-33-53(66)61-38-40-22-9-11-24-43(40)55-56(48-29-16-17-31-51(48)61)62(60-59-55)36-20-19-30-50(52(65)32-8-6-5-7-21-37-69-54(67)35-34-42(64)4-2)58-57(68)70-39-49-46-27-14-12-25-44(46)45-26-13-15-28-47(45)49;1-2-25(39)20-21-33(41)43-23-13-5-3-4-6-19-32(40)31(18-11-12-22-36-38-35)37-34(42)44-24-30-28-16-9-7-14-26(28)27-15-8-10-17-29(27)30;1-2-21(25)12-6-8-14-23(26)24-17-20-11-4-3-9-18(20)15-16-19-10-5-7-13-22(19)24/h9,11-17,22,24-29,31,49-50H,3-8,10,18-21,23,30,32-39H2,1-2H3,(H,58,68);7-10,14-17,30-31H,2-6,11-13,18-24H2,1H3,(H,37,42);3-5,7,9-11,13H,2,6,8,12,14,17H2,1H3. The molecule has 1 aromatic heterocycles. The number of carbonyl (C=O) groups is 12. The Kier molecular flexibility index (Phi) is 43.8. The van der Waals surface area contributed by atoms with Gasteiger partial charge in [-0.2, -0.15) is 0 Å². The fourth-order valence-corrected chi connectivity index (χ4v) is 18.2. The van der Waals surface area contributed by atoms with Gasteiger partial charge in [-0.25, -0.2) is 14.3 Å². The lowest BCUT2D eigenvalue weighted by Gasteiger charge is -2.29. The highest BCUT2D eigenvalue weighted by molar-refractivity contribution is 6.01. The van der Waals surface area contributed by atoms with E-state index in [0.717, 1.165) is 158 Å². The molecule has 736 valence electrons. The number of azide groups is 1. The molecule has 2 unspecified atom stereocenters. The van der Waals surface area contributed by atoms with Gasteiger partial charge in [0, 0.05) is 129 Å². The van der Waals surface area contributed by atoms with Gasteiger partial charge in [0.1, 0.15) is 42.0 Å². The third-order valence-corrected chi connectivity index (χ3v) is 26.1. The smallest absolute Gasteiger partial charge is 0.407 e. The van der Waals surface area contributed by atoms with Crippen molar-refractivity contribution in [1.29, 1.82) is 0 Å². The molecule has 0 radical (unpaired) electrons. The lowest BCUT2D eigenvalue weighted by Crippen LogP contribution is -2.41. The number of anilines is 2. The Hall–Kier alpha value is -13.8. The molecule has 26 heteroatoms. The van der Waals surface area contributed by atoms with Gasteiger partial charge >= 0.3 is 24.1 Å². The van der Waals surface area contributed by atoms with Gasteiger partial charge in [0.05, 0.1) is 68.3 Å². The summed E-state index contributed by atoms with van der Waals surface area (Å²) in [6.45, 7) is 9.97. The molecular formula is C114H134N10O16. The quantitative estimate of drug-likeness (QED) is 0.00680. The van der Waals surface area contributed by atoms with Crippen LogP contribution in [0.25, 0.3) is 55.2 Å². The first-order valence-corrected chi connectivity index (χ1v) is 50.4. The van der Waals surface area contributed by atoms with E-state index in [9.17, 15) is 57.5 Å². The van der Waals surface area contributed by atoms with E-state index in [1.54, 1.807) is 13.8 Å². The van der Waals surface area contributed by atoms with Gasteiger partial charge in [0.15, 0.2) is 11.6 Å². The number of unbranched alkanes of at least 4 members (excludes halogenated alkanes) is 12. The lowest BCUT2D eigenvalue weighted by molar-refractivity contribution is -0.145. The summed E-state index contributed by atoms with van der Waals surface area (Å²) in [5.41, 5.74) is 26.3. The largest absolute Gasteiger partial charge is 0.466 e. The number of aromatic nitrogens is 3. The van der Waals surface area contributed by atoms with Crippen LogP contribution >= 0.6 is 0 Å². The maximum Gasteiger partial charge on any atom is 0.407 e. The van der Waals surface area contributed by atoms with Gasteiger partial charge in [-0.3, -0.25) is 47.9 Å². The van der Waals surface area contributed by atoms with Gasteiger partial charge in [0.2, 0.25) is 11.8 Å². The minimum absolute atomic E-state index is 0.00968. The van der Waals surface area contributed by atoms with Crippen LogP contribution in [0.15, 0.2) is 199 Å². The molecule has 0 saturated heterocycles. The highest BCUT2D eigenvalue weighted by Gasteiger charge is 2.35. The zero-order valence-corrected chi connectivity index (χ0v) is 81.6. The van der Waals surface area contributed by atoms with Crippen LogP contribution in [0.2, 0.25) is 0 Å². The number of nitrogens with one attached hydrogen (secondary N) is 2. The van der Waals surface area contributed by atoms with Crippen molar-refractivity contribution in [2.24, 2.45) is 5.11 Å². The number of para-hydroxylation sites is 2. The van der Waals surface area contributed by atoms with Crippen LogP contribution < -0.4 is 20.4 Å². The van der Waals surface area contributed by atoms with Crippen LogP contribution in [0.1, 0.15) is 302 Å². The van der Waals surface area contributed by atoms with Crippen molar-refractivity contribution >= 4 is 82.0 Å². The average molecular weight is 1900 g/mol. The van der Waals surface area contributed by atoms with Crippen LogP contribution in [0, 0.1) is 11.8 Å². The summed E-state index contributed by atoms with van der Waals surface area (Å²) in [4.78, 5) is 157. The fraction of sp³-hybridized carbons (Fsp3) is 0.439. The van der Waals surface area contributed by atoms with E-state index in [2.05, 4.69) is 86.2 Å². The van der Waals surface area contributed by atoms with E-state index in [1.165, 1.54) is 0 Å². The summed E-state index contributed by atoms with van der Waals surface area (Å²) in [5, 5.41) is 18.7. The zero-order chi connectivity index (χ0) is 99.2. The minimum Gasteiger partial charge on any atom is -0.466 e. The van der Waals surface area contributed by atoms with Crippen LogP contribution in [-0.4, -0.2) is 131 Å². The number of hydrogen-bond donors (Lipinski definition) is 2. The predicted octanol–water partition coefficient (Wildman–Crippen LogP) is 23.3. The number of rotatable bonds is 54. The van der Waals surface area contributed by atoms with Crippen molar-refractivity contribution in [1.82, 2.24) is 25.6 Å². The van der Waals surface area contributed by atoms with Gasteiger partial charge in [-0.05, 0) is 169 Å². The summed E-state index contributed by atoms with van der Waals surface area (Å²) in [5.74, 6) is 6.10. The van der Waals surface area contributed by atoms with E-state index >= 15 is 0 Å². The molecule has 2 N–H and O–H groups in total. The third-order valence-electron chi connectivity index (χ3n) is 26.1. The molecule has 2 aliphatic carbocycles. The topological polar surface area (TPSA) is 352 Å². The molecule has 4 aliphatic rings. The molecule has 0 fully saturated rings. The Bertz CT molecular complexity index is 5750. The van der Waals surface area contributed by atoms with Crippen molar-refractivity contribution in [3.05, 3.63) is 249 Å². The fourth-order valence-electron chi connectivity index (χ4n) is 18.2. The van der Waals surface area contributed by atoms with Crippen molar-refractivity contribution in [3.63, 3.8) is 0 Å². The second kappa shape index (κ2) is 57.6. The summed E-state index contributed by atoms with van der Waals surface area (Å²) in [6.07, 6.45) is 17.9. The van der Waals surface area contributed by atoms with Gasteiger partial charge in [-0.15, -0.1) is 5.10 Å². The van der Waals surface area contributed by atoms with Crippen LogP contribution in [0.3, 0.4) is 0 Å². The molecule has 13 rings (SSSR count). The number of nitrogens with zero attached hydrogens (tertiary/aromatic N) is 8. The molecule has 8 aromatic carbocycles. The molecular weight excluding hydrogens is 1770 g/mol. The molecule has 26 nitrogen and oxygen atoms in total. The molecule has 9 aromatic rings. The molecule has 0 spiro atoms. The second-order valence-corrected chi connectivity index (χ2v) is 36.0. The molecule has 2 aliphatic heterocycles. The number of ether oxygens (including phenoxy) is 4. The number of esters is 2. The maximum absolute atomic E-state index is 14.0. The minimum atomic E-state index is -0.752. The van der Waals surface area contributed by atoms with Crippen molar-refractivity contribution in [2.45, 2.75) is 290 Å². The van der Waals surface area contributed by atoms with Crippen molar-refractivity contribution in [2.75, 3.05) is 42.8 Å². The molecule has 0 bridgehead atoms. The number of alkyl carbamates (subject to hydrolysis) is 2. The summed E-state index contributed by atoms with van der Waals surface area (Å²) >= 11 is 0. The Balaban J connectivity index is 0.000000226. The molecule has 140 heavy (non-hydrogen) atoms. The Morgan fingerprint density at radius 2 is 0.764 bits per heavy atom. The average Bonchev–Trinajstić information content (AvgIpc) is 1.71. The number of benzene rings is 8. The first-order chi connectivity index (χ1) is 68.3. The SMILES string of the molecule is CCC(=O)CCC(=O)OCCCCCCCC(=O)C(CCCCN=[N+]=[N-])NC(=O)OCC1c2ccccc2-c2ccccc21.CCC(=O)CCCCC(=O)N1Cc2ccccc2-c2nnn(CCCCC(NC(=O)OCC3c4ccccc4-c4ccccc43)C(=O)CCCCCCCOC(=O)CCC(=O)CC)c2-c2ccccc21.CCC(=O)CCCCC(=O)N1Cc2ccccc2C#Cc2ccccc21. The predicted molar refractivity (Wildman–Crippen MR) is 542 cm³/mol. The monoisotopic (exact) mass is 1900 g/mol. The number of amides is 4. The first kappa shape index (κ1) is 107. The van der Waals surface area contributed by atoms with Gasteiger partial charge < -0.3 is 39.4 Å². The Morgan fingerprint density at radius 3 is 1.26 bits per heavy atom. The number of fused-ring (bicyclic) bond motifs is 13. The van der Waals surface area contributed by atoms with Crippen molar-refractivity contribution in [3.8, 4) is 56.6 Å². The second-order valence-electron chi connectivity index (χ2n) is 36.0.